The summed E-state index contributed by atoms with van der Waals surface area (Å²) >= 11 is 0. The van der Waals surface area contributed by atoms with Gasteiger partial charge in [-0.2, -0.15) is 0 Å². The predicted octanol–water partition coefficient (Wildman–Crippen LogP) is -2.15. The molecule has 1 unspecified atom stereocenters. The SMILES string of the molecule is CC(NC(=O)Cn1cnc(N)n1)C(N)=O. The van der Waals surface area contributed by atoms with E-state index in [1.54, 1.807) is 0 Å². The van der Waals surface area contributed by atoms with Gasteiger partial charge >= 0.3 is 0 Å². The second-order valence-electron chi connectivity index (χ2n) is 2.99. The van der Waals surface area contributed by atoms with Crippen LogP contribution in [0.4, 0.5) is 5.95 Å². The summed E-state index contributed by atoms with van der Waals surface area (Å²) in [6, 6.07) is -0.710. The number of carbonyl (C=O) groups is 2. The van der Waals surface area contributed by atoms with Crippen LogP contribution in [0.2, 0.25) is 0 Å². The van der Waals surface area contributed by atoms with Crippen LogP contribution in [-0.4, -0.2) is 32.6 Å². The van der Waals surface area contributed by atoms with Gasteiger partial charge in [0.15, 0.2) is 0 Å². The molecular formula is C7H12N6O2. The predicted molar refractivity (Wildman–Crippen MR) is 51.2 cm³/mol. The van der Waals surface area contributed by atoms with Gasteiger partial charge in [0.05, 0.1) is 0 Å². The fraction of sp³-hybridized carbons (Fsp3) is 0.429. The first-order valence-electron chi connectivity index (χ1n) is 4.22. The Bertz CT molecular complexity index is 373. The Morgan fingerprint density at radius 3 is 2.80 bits per heavy atom. The Morgan fingerprint density at radius 1 is 1.67 bits per heavy atom. The molecule has 0 aliphatic carbocycles. The van der Waals surface area contributed by atoms with Gasteiger partial charge in [-0.25, -0.2) is 9.67 Å². The molecule has 1 heterocycles. The van der Waals surface area contributed by atoms with Crippen molar-refractivity contribution in [1.29, 1.82) is 0 Å². The van der Waals surface area contributed by atoms with Crippen molar-refractivity contribution in [2.45, 2.75) is 19.5 Å². The van der Waals surface area contributed by atoms with E-state index in [-0.39, 0.29) is 18.4 Å². The van der Waals surface area contributed by atoms with Gasteiger partial charge in [-0.05, 0) is 6.92 Å². The Kier molecular flexibility index (Phi) is 3.21. The Hall–Kier alpha value is -2.12. The molecule has 5 N–H and O–H groups in total. The van der Waals surface area contributed by atoms with Crippen LogP contribution >= 0.6 is 0 Å². The van der Waals surface area contributed by atoms with Gasteiger partial charge in [0, 0.05) is 0 Å². The molecule has 0 saturated carbocycles. The lowest BCUT2D eigenvalue weighted by Gasteiger charge is -2.09. The van der Waals surface area contributed by atoms with Crippen molar-refractivity contribution in [3.05, 3.63) is 6.33 Å². The molecule has 1 aromatic rings. The maximum Gasteiger partial charge on any atom is 0.242 e. The van der Waals surface area contributed by atoms with Gasteiger partial charge in [-0.15, -0.1) is 5.10 Å². The first-order valence-corrected chi connectivity index (χ1v) is 4.22. The molecule has 0 fully saturated rings. The number of primary amides is 1. The van der Waals surface area contributed by atoms with Crippen molar-refractivity contribution in [3.8, 4) is 0 Å². The summed E-state index contributed by atoms with van der Waals surface area (Å²) in [4.78, 5) is 25.6. The lowest BCUT2D eigenvalue weighted by atomic mass is 10.3. The normalized spacial score (nSPS) is 12.1. The van der Waals surface area contributed by atoms with Crippen molar-refractivity contribution in [2.24, 2.45) is 5.73 Å². The van der Waals surface area contributed by atoms with E-state index in [1.807, 2.05) is 0 Å². The third kappa shape index (κ3) is 3.25. The summed E-state index contributed by atoms with van der Waals surface area (Å²) in [5, 5.41) is 6.10. The number of anilines is 1. The molecule has 0 spiro atoms. The van der Waals surface area contributed by atoms with Crippen LogP contribution in [0.1, 0.15) is 6.92 Å². The van der Waals surface area contributed by atoms with Gasteiger partial charge in [-0.1, -0.05) is 0 Å². The third-order valence-corrected chi connectivity index (χ3v) is 1.66. The monoisotopic (exact) mass is 212 g/mol. The number of nitrogens with two attached hydrogens (primary N) is 2. The van der Waals surface area contributed by atoms with E-state index in [0.29, 0.717) is 0 Å². The molecule has 1 aromatic heterocycles. The van der Waals surface area contributed by atoms with Gasteiger partial charge in [0.2, 0.25) is 17.8 Å². The number of hydrogen-bond donors (Lipinski definition) is 3. The molecule has 0 bridgehead atoms. The highest BCUT2D eigenvalue weighted by Gasteiger charge is 2.12. The van der Waals surface area contributed by atoms with Gasteiger partial charge < -0.3 is 16.8 Å². The maximum absolute atomic E-state index is 11.3. The summed E-state index contributed by atoms with van der Waals surface area (Å²) in [5.41, 5.74) is 10.2. The van der Waals surface area contributed by atoms with Crippen LogP contribution in [0.5, 0.6) is 0 Å². The molecule has 8 nitrogen and oxygen atoms in total. The molecule has 0 aliphatic heterocycles. The van der Waals surface area contributed by atoms with E-state index in [2.05, 4.69) is 15.4 Å². The van der Waals surface area contributed by atoms with E-state index in [1.165, 1.54) is 17.9 Å². The second kappa shape index (κ2) is 4.40. The molecule has 0 aromatic carbocycles. The summed E-state index contributed by atoms with van der Waals surface area (Å²) in [5.74, 6) is -0.890. The average molecular weight is 212 g/mol. The van der Waals surface area contributed by atoms with Crippen LogP contribution < -0.4 is 16.8 Å². The molecule has 2 amide bonds. The zero-order valence-corrected chi connectivity index (χ0v) is 8.17. The van der Waals surface area contributed by atoms with Crippen molar-refractivity contribution in [1.82, 2.24) is 20.1 Å². The van der Waals surface area contributed by atoms with Crippen LogP contribution in [0.25, 0.3) is 0 Å². The highest BCUT2D eigenvalue weighted by Crippen LogP contribution is 1.89. The number of nitrogen functional groups attached to an aromatic ring is 1. The van der Waals surface area contributed by atoms with Gasteiger partial charge in [0.1, 0.15) is 18.9 Å². The highest BCUT2D eigenvalue weighted by molar-refractivity contribution is 5.85. The van der Waals surface area contributed by atoms with Crippen molar-refractivity contribution < 1.29 is 9.59 Å². The lowest BCUT2D eigenvalue weighted by molar-refractivity contribution is -0.127. The minimum atomic E-state index is -0.710. The third-order valence-electron chi connectivity index (χ3n) is 1.66. The molecule has 0 saturated heterocycles. The molecule has 0 aliphatic rings. The van der Waals surface area contributed by atoms with Crippen molar-refractivity contribution in [2.75, 3.05) is 5.73 Å². The van der Waals surface area contributed by atoms with E-state index in [9.17, 15) is 9.59 Å². The fourth-order valence-corrected chi connectivity index (χ4v) is 0.891. The number of carbonyl (C=O) groups excluding carboxylic acids is 2. The molecular weight excluding hydrogens is 200 g/mol. The smallest absolute Gasteiger partial charge is 0.242 e. The number of amides is 2. The van der Waals surface area contributed by atoms with E-state index < -0.39 is 11.9 Å². The summed E-state index contributed by atoms with van der Waals surface area (Å²) in [6.07, 6.45) is 1.32. The Morgan fingerprint density at radius 2 is 2.33 bits per heavy atom. The standard InChI is InChI=1S/C7H12N6O2/c1-4(6(8)15)11-5(14)2-13-3-10-7(9)12-13/h3-4H,2H2,1H3,(H2,8,15)(H2,9,12)(H,11,14). The van der Waals surface area contributed by atoms with Crippen molar-refractivity contribution in [3.63, 3.8) is 0 Å². The highest BCUT2D eigenvalue weighted by atomic mass is 16.2. The molecule has 82 valence electrons. The van der Waals surface area contributed by atoms with Gasteiger partial charge in [0.25, 0.3) is 0 Å². The largest absolute Gasteiger partial charge is 0.368 e. The number of aromatic nitrogens is 3. The first-order chi connectivity index (χ1) is 6.99. The molecule has 8 heteroatoms. The van der Waals surface area contributed by atoms with Crippen LogP contribution in [0, 0.1) is 0 Å². The molecule has 1 rings (SSSR count). The van der Waals surface area contributed by atoms with Crippen LogP contribution in [-0.2, 0) is 16.1 Å². The van der Waals surface area contributed by atoms with Crippen LogP contribution in [0.3, 0.4) is 0 Å². The zero-order valence-electron chi connectivity index (χ0n) is 8.17. The van der Waals surface area contributed by atoms with E-state index in [4.69, 9.17) is 11.5 Å². The second-order valence-corrected chi connectivity index (χ2v) is 2.99. The Labute approximate surface area is 85.6 Å². The van der Waals surface area contributed by atoms with Crippen molar-refractivity contribution >= 4 is 17.8 Å². The molecule has 1 atom stereocenters. The average Bonchev–Trinajstić information content (AvgIpc) is 2.50. The summed E-state index contributed by atoms with van der Waals surface area (Å²) < 4.78 is 1.26. The van der Waals surface area contributed by atoms with Gasteiger partial charge in [-0.3, -0.25) is 9.59 Å². The minimum absolute atomic E-state index is 0.0538. The lowest BCUT2D eigenvalue weighted by Crippen LogP contribution is -2.43. The summed E-state index contributed by atoms with van der Waals surface area (Å²) in [6.45, 7) is 1.44. The number of rotatable bonds is 4. The maximum atomic E-state index is 11.3. The topological polar surface area (TPSA) is 129 Å². The van der Waals surface area contributed by atoms with Crippen LogP contribution in [0.15, 0.2) is 6.33 Å². The summed E-state index contributed by atoms with van der Waals surface area (Å²) in [7, 11) is 0. The number of nitrogens with zero attached hydrogens (tertiary/aromatic N) is 3. The minimum Gasteiger partial charge on any atom is -0.368 e. The van der Waals surface area contributed by atoms with E-state index >= 15 is 0 Å². The zero-order chi connectivity index (χ0) is 11.4. The quantitative estimate of drug-likeness (QED) is 0.524. The first kappa shape index (κ1) is 11.0. The Balaban J connectivity index is 2.46. The number of hydrogen-bond acceptors (Lipinski definition) is 5. The molecule has 0 radical (unpaired) electrons. The molecule has 15 heavy (non-hydrogen) atoms. The van der Waals surface area contributed by atoms with E-state index in [0.717, 1.165) is 0 Å². The number of nitrogens with one attached hydrogen (secondary N) is 1. The fourth-order valence-electron chi connectivity index (χ4n) is 0.891.